The normalized spacial score (nSPS) is 11.4. The van der Waals surface area contributed by atoms with Crippen LogP contribution in [0.4, 0.5) is 11.4 Å². The van der Waals surface area contributed by atoms with E-state index in [2.05, 4.69) is 86.6 Å². The lowest BCUT2D eigenvalue weighted by Crippen LogP contribution is -2.18. The van der Waals surface area contributed by atoms with Gasteiger partial charge >= 0.3 is 0 Å². The number of nitrogens with zero attached hydrogens (tertiary/aromatic N) is 2. The van der Waals surface area contributed by atoms with E-state index in [0.29, 0.717) is 0 Å². The fourth-order valence-corrected chi connectivity index (χ4v) is 6.03. The highest BCUT2D eigenvalue weighted by molar-refractivity contribution is 7.36. The van der Waals surface area contributed by atoms with Crippen LogP contribution < -0.4 is 7.69 Å². The van der Waals surface area contributed by atoms with Crippen LogP contribution >= 0.6 is 22.7 Å². The van der Waals surface area contributed by atoms with Gasteiger partial charge in [-0.25, -0.2) is 0 Å². The van der Waals surface area contributed by atoms with Gasteiger partial charge in [0.25, 0.3) is 0 Å². The number of para-hydroxylation sites is 2. The van der Waals surface area contributed by atoms with Gasteiger partial charge in [-0.05, 0) is 48.2 Å². The molecule has 1 heterocycles. The molecular weight excluding hydrogens is 477 g/mol. The van der Waals surface area contributed by atoms with Crippen molar-refractivity contribution in [1.82, 2.24) is 0 Å². The lowest BCUT2D eigenvalue weighted by atomic mass is 10.1. The number of benzene rings is 4. The van der Waals surface area contributed by atoms with Crippen molar-refractivity contribution in [3.8, 4) is 0 Å². The molecule has 0 aliphatic heterocycles. The van der Waals surface area contributed by atoms with Gasteiger partial charge in [0.1, 0.15) is 0 Å². The van der Waals surface area contributed by atoms with Crippen LogP contribution in [0, 0.1) is 13.8 Å². The molecule has 0 N–H and O–H groups in total. The number of aliphatic imine (C=N–C) groups is 2. The Morgan fingerprint density at radius 3 is 1.25 bits per heavy atom. The van der Waals surface area contributed by atoms with Crippen molar-refractivity contribution in [2.75, 3.05) is 0 Å². The molecule has 0 fully saturated rings. The molecule has 0 bridgehead atoms. The number of aryl methyl sites for hydroxylation is 2. The van der Waals surface area contributed by atoms with Crippen molar-refractivity contribution < 1.29 is 0 Å². The van der Waals surface area contributed by atoms with E-state index in [4.69, 9.17) is 9.98 Å². The lowest BCUT2D eigenvalue weighted by molar-refractivity contribution is 1.41. The zero-order valence-corrected chi connectivity index (χ0v) is 21.9. The molecule has 2 nitrogen and oxygen atoms in total. The Balaban J connectivity index is 1.64. The second kappa shape index (κ2) is 11.3. The molecule has 0 saturated heterocycles. The minimum absolute atomic E-state index is 0.993. The predicted octanol–water partition coefficient (Wildman–Crippen LogP) is 7.63. The number of rotatable bonds is 6. The molecular formula is C32H26N2S2. The van der Waals surface area contributed by atoms with Gasteiger partial charge in [0.05, 0.1) is 19.1 Å². The van der Waals surface area contributed by atoms with Crippen molar-refractivity contribution in [1.29, 1.82) is 0 Å². The summed E-state index contributed by atoms with van der Waals surface area (Å²) in [6.07, 6.45) is 4.01. The van der Waals surface area contributed by atoms with Gasteiger partial charge in [0.2, 0.25) is 0 Å². The van der Waals surface area contributed by atoms with Crippen LogP contribution in [0.5, 0.6) is 0 Å². The largest absolute Gasteiger partial charge is 0.256 e. The first-order chi connectivity index (χ1) is 17.7. The highest BCUT2D eigenvalue weighted by Gasteiger charge is 2.09. The molecule has 5 rings (SSSR count). The van der Waals surface area contributed by atoms with Crippen LogP contribution in [0.3, 0.4) is 0 Å². The fraction of sp³-hybridized carbons (Fsp3) is 0.0625. The van der Waals surface area contributed by atoms with Crippen LogP contribution in [0.25, 0.3) is 11.1 Å². The maximum atomic E-state index is 4.85. The lowest BCUT2D eigenvalue weighted by Gasteiger charge is -2.07. The molecule has 0 unspecified atom stereocenters. The van der Waals surface area contributed by atoms with Crippen LogP contribution in [0.15, 0.2) is 119 Å². The van der Waals surface area contributed by atoms with Gasteiger partial charge in [-0.1, -0.05) is 97.1 Å². The summed E-state index contributed by atoms with van der Waals surface area (Å²) in [5, 5.41) is 0. The van der Waals surface area contributed by atoms with Crippen molar-refractivity contribution in [3.63, 3.8) is 0 Å². The molecule has 4 aromatic carbocycles. The van der Waals surface area contributed by atoms with E-state index in [1.54, 1.807) is 22.7 Å². The van der Waals surface area contributed by atoms with Gasteiger partial charge in [0, 0.05) is 23.6 Å². The Morgan fingerprint density at radius 2 is 0.861 bits per heavy atom. The molecule has 4 heteroatoms. The number of hydrogen-bond donors (Lipinski definition) is 0. The van der Waals surface area contributed by atoms with E-state index in [0.717, 1.165) is 22.5 Å². The zero-order chi connectivity index (χ0) is 24.7. The molecule has 0 saturated carbocycles. The summed E-state index contributed by atoms with van der Waals surface area (Å²) in [6.45, 7) is 4.19. The second-order valence-electron chi connectivity index (χ2n) is 8.43. The Labute approximate surface area is 220 Å². The third kappa shape index (κ3) is 5.51. The number of hydrogen-bond acceptors (Lipinski definition) is 4. The van der Waals surface area contributed by atoms with Crippen molar-refractivity contribution >= 4 is 57.6 Å². The Kier molecular flexibility index (Phi) is 7.46. The minimum Gasteiger partial charge on any atom is -0.256 e. The summed E-state index contributed by atoms with van der Waals surface area (Å²) in [7, 11) is 0. The summed E-state index contributed by atoms with van der Waals surface area (Å²) in [5.41, 5.74) is 8.93. The topological polar surface area (TPSA) is 24.7 Å². The molecule has 0 amide bonds. The Bertz CT molecular complexity index is 1500. The maximum Gasteiger partial charge on any atom is 0.0915 e. The zero-order valence-electron chi connectivity index (χ0n) is 20.3. The molecule has 176 valence electrons. The first-order valence-corrected chi connectivity index (χ1v) is 13.5. The summed E-state index contributed by atoms with van der Waals surface area (Å²) >= 11 is 3.60. The highest BCUT2D eigenvalue weighted by atomic mass is 32.2. The monoisotopic (exact) mass is 502 g/mol. The van der Waals surface area contributed by atoms with Gasteiger partial charge in [-0.15, -0.1) is 22.7 Å². The molecule has 0 atom stereocenters. The predicted molar refractivity (Wildman–Crippen MR) is 158 cm³/mol. The van der Waals surface area contributed by atoms with Crippen LogP contribution in [-0.2, 0) is 0 Å². The third-order valence-electron chi connectivity index (χ3n) is 5.88. The fourth-order valence-electron chi connectivity index (χ4n) is 3.81. The van der Waals surface area contributed by atoms with Crippen molar-refractivity contribution in [2.24, 2.45) is 9.98 Å². The molecule has 36 heavy (non-hydrogen) atoms. The molecule has 0 radical (unpaired) electrons. The van der Waals surface area contributed by atoms with E-state index in [1.807, 2.05) is 48.8 Å². The maximum absolute atomic E-state index is 4.85. The first-order valence-electron chi connectivity index (χ1n) is 11.8. The average molecular weight is 503 g/mol. The summed E-state index contributed by atoms with van der Waals surface area (Å²) in [5.74, 6) is 0. The van der Waals surface area contributed by atoms with Gasteiger partial charge in [-0.2, -0.15) is 0 Å². The van der Waals surface area contributed by atoms with Gasteiger partial charge in [-0.3, -0.25) is 9.98 Å². The summed E-state index contributed by atoms with van der Waals surface area (Å²) < 4.78 is 2.48. The second-order valence-corrected chi connectivity index (χ2v) is 11.0. The van der Waals surface area contributed by atoms with E-state index in [9.17, 15) is 0 Å². The highest BCUT2D eigenvalue weighted by Crippen LogP contribution is 2.21. The van der Waals surface area contributed by atoms with Crippen molar-refractivity contribution in [3.05, 3.63) is 139 Å². The van der Waals surface area contributed by atoms with E-state index in [1.165, 1.54) is 29.9 Å². The van der Waals surface area contributed by atoms with Crippen molar-refractivity contribution in [2.45, 2.75) is 13.8 Å². The van der Waals surface area contributed by atoms with Crippen LogP contribution in [0.2, 0.25) is 0 Å². The smallest absolute Gasteiger partial charge is 0.0915 e. The van der Waals surface area contributed by atoms with Gasteiger partial charge in [0.15, 0.2) is 0 Å². The Hall–Kier alpha value is -3.86. The molecule has 0 spiro atoms. The molecule has 5 aromatic rings. The SMILES string of the molecule is Cc1ccccc1N=CC(c1ccccc1)=c1sc(=C(C=Nc2ccccc2C)c2ccccc2)s1. The minimum atomic E-state index is 0.993. The molecule has 0 aliphatic carbocycles. The standard InChI is InChI=1S/C32H26N2S2/c1-23-13-9-11-19-29(23)33-21-27(25-15-5-3-6-16-25)31-35-32(36-31)28(26-17-7-4-8-18-26)22-34-30-20-12-10-14-24(30)2/h3-22H,1-2H3. The first kappa shape index (κ1) is 23.9. The van der Waals surface area contributed by atoms with E-state index < -0.39 is 0 Å². The molecule has 1 aromatic heterocycles. The average Bonchev–Trinajstić information content (AvgIpc) is 2.89. The molecule has 0 aliphatic rings. The summed E-state index contributed by atoms with van der Waals surface area (Å²) in [6, 6.07) is 37.4. The van der Waals surface area contributed by atoms with Crippen LogP contribution in [0.1, 0.15) is 22.3 Å². The quantitative estimate of drug-likeness (QED) is 0.213. The van der Waals surface area contributed by atoms with E-state index in [-0.39, 0.29) is 0 Å². The summed E-state index contributed by atoms with van der Waals surface area (Å²) in [4.78, 5) is 9.69. The van der Waals surface area contributed by atoms with E-state index >= 15 is 0 Å². The Morgan fingerprint density at radius 1 is 0.500 bits per heavy atom. The van der Waals surface area contributed by atoms with Gasteiger partial charge < -0.3 is 0 Å². The third-order valence-corrected chi connectivity index (χ3v) is 8.50. The van der Waals surface area contributed by atoms with Crippen LogP contribution in [-0.4, -0.2) is 12.4 Å².